The first kappa shape index (κ1) is 64.2. The molecule has 0 saturated carbocycles. The number of ether oxygens (including phenoxy) is 9. The number of nitrogens with one attached hydrogen (secondary N) is 3. The van der Waals surface area contributed by atoms with Crippen LogP contribution in [0.15, 0.2) is 0 Å². The number of aliphatic carboxylic acids is 2. The second-order valence-corrected chi connectivity index (χ2v) is 19.0. The molecule has 21 N–H and O–H groups in total. The molecule has 0 bridgehead atoms. The molecule has 5 saturated heterocycles. The van der Waals surface area contributed by atoms with E-state index in [-0.39, 0.29) is 0 Å². The number of carboxylic acid groups (broad SMARTS) is 2. The van der Waals surface area contributed by atoms with Gasteiger partial charge in [-0.15, -0.1) is 0 Å². The van der Waals surface area contributed by atoms with Crippen LogP contribution in [0.1, 0.15) is 33.6 Å². The summed E-state index contributed by atoms with van der Waals surface area (Å²) in [4.78, 5) is 63.9. The third-order valence-electron chi connectivity index (χ3n) is 13.5. The molecule has 0 aromatic rings. The maximum absolute atomic E-state index is 13.7. The third-order valence-corrected chi connectivity index (χ3v) is 13.5. The highest BCUT2D eigenvalue weighted by Crippen LogP contribution is 2.42. The summed E-state index contributed by atoms with van der Waals surface area (Å²) < 4.78 is 51.5. The molecule has 5 rings (SSSR count). The number of hydrogen-bond donors (Lipinski definition) is 21. The van der Waals surface area contributed by atoms with E-state index in [4.69, 9.17) is 42.6 Å². The zero-order chi connectivity index (χ0) is 57.8. The van der Waals surface area contributed by atoms with Gasteiger partial charge in [0.2, 0.25) is 17.7 Å². The van der Waals surface area contributed by atoms with Gasteiger partial charge in [0.25, 0.3) is 11.6 Å². The van der Waals surface area contributed by atoms with E-state index in [1.165, 1.54) is 0 Å². The van der Waals surface area contributed by atoms with Gasteiger partial charge in [-0.3, -0.25) is 14.4 Å². The maximum Gasteiger partial charge on any atom is 0.364 e. The molecule has 0 aromatic heterocycles. The Morgan fingerprint density at radius 2 is 1.00 bits per heavy atom. The Bertz CT molecular complexity index is 2000. The third kappa shape index (κ3) is 13.9. The van der Waals surface area contributed by atoms with Crippen LogP contribution in [0.25, 0.3) is 0 Å². The Balaban J connectivity index is 1.61. The van der Waals surface area contributed by atoms with Gasteiger partial charge in [0, 0.05) is 33.6 Å². The van der Waals surface area contributed by atoms with Gasteiger partial charge >= 0.3 is 11.9 Å². The van der Waals surface area contributed by atoms with E-state index in [1.54, 1.807) is 0 Å². The molecule has 35 nitrogen and oxygen atoms in total. The van der Waals surface area contributed by atoms with Crippen molar-refractivity contribution in [1.29, 1.82) is 0 Å². The van der Waals surface area contributed by atoms with Crippen molar-refractivity contribution in [2.45, 2.75) is 198 Å². The maximum atomic E-state index is 13.7. The second kappa shape index (κ2) is 26.7. The van der Waals surface area contributed by atoms with Crippen molar-refractivity contribution < 1.29 is 159 Å². The molecular weight excluding hydrogens is 1060 g/mol. The van der Waals surface area contributed by atoms with Crippen LogP contribution in [0, 0.1) is 0 Å². The molecular formula is C42H69N3O32. The Labute approximate surface area is 434 Å². The fourth-order valence-electron chi connectivity index (χ4n) is 9.64. The van der Waals surface area contributed by atoms with Crippen LogP contribution >= 0.6 is 0 Å². The number of aliphatic hydroxyl groups excluding tert-OH is 16. The highest BCUT2D eigenvalue weighted by molar-refractivity contribution is 5.77. The molecule has 0 radical (unpaired) electrons. The number of carbonyl (C=O) groups is 5. The lowest BCUT2D eigenvalue weighted by atomic mass is 9.87. The standard InChI is InChI=1S/C42H69N3O32/c1-11(51)43-21-14(54)4-41(39(65)66,75-33(21)24(57)16(56)6-46)74-18(8-48)26(59)34-22(44-12(2)52)15(55)5-42(76-34,40(67)68)77-35-30(63)38(72-31-19(9-49)69-36(64)29(62)28(31)61)71-20(10-50)32(35)73-37-23(45-13(3)53)27(60)25(58)17(7-47)70-37/h14-38,46-50,54-64H,4-10H2,1-3H3,(H,43,51)(H,44,52)(H,45,53)(H,65,66)(H,67,68)/t14?,15?,16-,17?,18?,19?,20?,21?,22?,23?,24-,25?,26-,27?,28?,29?,30?,31?,32?,33?,34?,35?,36?,37?,38?,41?,42?/m1/s1. The summed E-state index contributed by atoms with van der Waals surface area (Å²) in [5.74, 6) is -14.1. The van der Waals surface area contributed by atoms with Crippen LogP contribution in [-0.2, 0) is 66.6 Å². The number of hydrogen-bond acceptors (Lipinski definition) is 30. The van der Waals surface area contributed by atoms with Crippen LogP contribution < -0.4 is 16.0 Å². The van der Waals surface area contributed by atoms with Crippen LogP contribution in [0.3, 0.4) is 0 Å². The van der Waals surface area contributed by atoms with Gasteiger partial charge in [0.15, 0.2) is 18.9 Å². The predicted octanol–water partition coefficient (Wildman–Crippen LogP) is -13.1. The van der Waals surface area contributed by atoms with Crippen molar-refractivity contribution in [3.05, 3.63) is 0 Å². The van der Waals surface area contributed by atoms with Crippen LogP contribution in [0.5, 0.6) is 0 Å². The minimum atomic E-state index is -3.53. The molecule has 0 aliphatic carbocycles. The summed E-state index contributed by atoms with van der Waals surface area (Å²) in [5.41, 5.74) is 0. The Kier molecular flexibility index (Phi) is 22.3. The first-order chi connectivity index (χ1) is 36.0. The number of rotatable bonds is 22. The molecule has 5 fully saturated rings. The van der Waals surface area contributed by atoms with Crippen LogP contribution in [0.4, 0.5) is 0 Å². The summed E-state index contributed by atoms with van der Waals surface area (Å²) in [5, 5.41) is 201. The summed E-state index contributed by atoms with van der Waals surface area (Å²) in [6, 6.07) is -5.55. The Morgan fingerprint density at radius 1 is 0.532 bits per heavy atom. The molecule has 3 amide bonds. The molecule has 77 heavy (non-hydrogen) atoms. The monoisotopic (exact) mass is 1130 g/mol. The van der Waals surface area contributed by atoms with E-state index >= 15 is 0 Å². The van der Waals surface area contributed by atoms with Crippen molar-refractivity contribution in [2.75, 3.05) is 33.0 Å². The number of amides is 3. The van der Waals surface area contributed by atoms with Crippen molar-refractivity contribution in [2.24, 2.45) is 0 Å². The largest absolute Gasteiger partial charge is 0.477 e. The minimum absolute atomic E-state index is 0.873. The molecule has 0 aromatic carbocycles. The van der Waals surface area contributed by atoms with Crippen LogP contribution in [0.2, 0.25) is 0 Å². The normalized spacial score (nSPS) is 43.2. The molecule has 35 heteroatoms. The van der Waals surface area contributed by atoms with E-state index in [9.17, 15) is 116 Å². The van der Waals surface area contributed by atoms with Gasteiger partial charge in [-0.05, 0) is 0 Å². The first-order valence-electron chi connectivity index (χ1n) is 23.9. The minimum Gasteiger partial charge on any atom is -0.477 e. The van der Waals surface area contributed by atoms with E-state index in [1.807, 2.05) is 0 Å². The van der Waals surface area contributed by atoms with Crippen molar-refractivity contribution >= 4 is 29.7 Å². The highest BCUT2D eigenvalue weighted by Gasteiger charge is 2.63. The number of carbonyl (C=O) groups excluding carboxylic acids is 3. The molecule has 444 valence electrons. The van der Waals surface area contributed by atoms with Crippen molar-refractivity contribution in [3.8, 4) is 0 Å². The Morgan fingerprint density at radius 3 is 1.49 bits per heavy atom. The number of carboxylic acids is 2. The van der Waals surface area contributed by atoms with Gasteiger partial charge in [-0.25, -0.2) is 9.59 Å². The zero-order valence-corrected chi connectivity index (χ0v) is 41.1. The van der Waals surface area contributed by atoms with Gasteiger partial charge in [-0.2, -0.15) is 0 Å². The highest BCUT2D eigenvalue weighted by atomic mass is 16.8. The molecule has 5 aliphatic rings. The molecule has 5 aliphatic heterocycles. The average Bonchev–Trinajstić information content (AvgIpc) is 3.38. The summed E-state index contributed by atoms with van der Waals surface area (Å²) in [7, 11) is 0. The lowest BCUT2D eigenvalue weighted by Crippen LogP contribution is -2.72. The molecule has 5 heterocycles. The Hall–Kier alpha value is -3.65. The van der Waals surface area contributed by atoms with Gasteiger partial charge in [0.1, 0.15) is 110 Å². The van der Waals surface area contributed by atoms with Crippen LogP contribution in [-0.4, -0.2) is 319 Å². The predicted molar refractivity (Wildman–Crippen MR) is 236 cm³/mol. The summed E-state index contributed by atoms with van der Waals surface area (Å²) >= 11 is 0. The topological polar surface area (TPSA) is 569 Å². The summed E-state index contributed by atoms with van der Waals surface area (Å²) in [6.07, 6.45) is -50.7. The van der Waals surface area contributed by atoms with Gasteiger partial charge in [-0.1, -0.05) is 0 Å². The lowest BCUT2D eigenvalue weighted by molar-refractivity contribution is -0.401. The van der Waals surface area contributed by atoms with E-state index < -0.39 is 240 Å². The van der Waals surface area contributed by atoms with Gasteiger partial charge < -0.3 is 150 Å². The SMILES string of the molecule is CC(=O)NC1C(OC2C(CO)OC(OC3C(CO)OC(O)C(O)C3O)C(O)C2OC2(C(=O)O)CC(O)C(NC(C)=O)C([C@H](O)C(CO)OC3(C(=O)O)CC(O)C(NC(C)=O)C([C@H](O)[C@H](O)CO)O3)O2)OC(CO)C(O)C1O. The number of aliphatic hydroxyl groups is 16. The molecule has 0 spiro atoms. The zero-order valence-electron chi connectivity index (χ0n) is 41.1. The smallest absolute Gasteiger partial charge is 0.364 e. The lowest BCUT2D eigenvalue weighted by Gasteiger charge is -2.52. The average molecular weight is 1130 g/mol. The fraction of sp³-hybridized carbons (Fsp3) is 0.881. The molecule has 24 unspecified atom stereocenters. The molecule has 27 atom stereocenters. The quantitative estimate of drug-likeness (QED) is 0.0479. The van der Waals surface area contributed by atoms with E-state index in [0.717, 1.165) is 20.8 Å². The van der Waals surface area contributed by atoms with E-state index in [0.29, 0.717) is 0 Å². The first-order valence-corrected chi connectivity index (χ1v) is 23.9. The van der Waals surface area contributed by atoms with E-state index in [2.05, 4.69) is 16.0 Å². The van der Waals surface area contributed by atoms with Crippen molar-refractivity contribution in [3.63, 3.8) is 0 Å². The van der Waals surface area contributed by atoms with Gasteiger partial charge in [0.05, 0.1) is 57.3 Å². The second-order valence-electron chi connectivity index (χ2n) is 19.0. The summed E-state index contributed by atoms with van der Waals surface area (Å²) in [6.45, 7) is -3.24. The van der Waals surface area contributed by atoms with Crippen molar-refractivity contribution in [1.82, 2.24) is 16.0 Å². The fourth-order valence-corrected chi connectivity index (χ4v) is 9.64.